The number of benzene rings is 1. The quantitative estimate of drug-likeness (QED) is 0.667. The highest BCUT2D eigenvalue weighted by Crippen LogP contribution is 2.31. The van der Waals surface area contributed by atoms with Crippen LogP contribution in [-0.2, 0) is 4.74 Å². The number of fused-ring (bicyclic) bond motifs is 1. The van der Waals surface area contributed by atoms with Gasteiger partial charge in [0, 0.05) is 0 Å². The van der Waals surface area contributed by atoms with Gasteiger partial charge in [0.1, 0.15) is 6.61 Å². The van der Waals surface area contributed by atoms with Gasteiger partial charge < -0.3 is 10.1 Å². The van der Waals surface area contributed by atoms with E-state index in [1.165, 1.54) is 0 Å². The molecule has 0 bridgehead atoms. The van der Waals surface area contributed by atoms with E-state index in [2.05, 4.69) is 15.6 Å². The molecule has 1 saturated heterocycles. The zero-order valence-electron chi connectivity index (χ0n) is 7.86. The fourth-order valence-corrected chi connectivity index (χ4v) is 1.71. The molecule has 15 heavy (non-hydrogen) atoms. The first kappa shape index (κ1) is 8.28. The van der Waals surface area contributed by atoms with Crippen molar-refractivity contribution in [2.45, 2.75) is 5.66 Å². The molecule has 1 amide bonds. The zero-order chi connectivity index (χ0) is 10.3. The van der Waals surface area contributed by atoms with Gasteiger partial charge in [0.15, 0.2) is 5.66 Å². The highest BCUT2D eigenvalue weighted by atomic mass is 16.6. The second-order valence-corrected chi connectivity index (χ2v) is 3.57. The number of hydrogen-bond acceptors (Lipinski definition) is 4. The molecule has 1 spiro atoms. The first-order valence-electron chi connectivity index (χ1n) is 4.65. The van der Waals surface area contributed by atoms with E-state index in [-0.39, 0.29) is 6.61 Å². The molecule has 1 aromatic carbocycles. The van der Waals surface area contributed by atoms with Crippen LogP contribution in [0.2, 0.25) is 0 Å². The molecule has 1 aromatic rings. The number of carbonyl (C=O) groups is 1. The summed E-state index contributed by atoms with van der Waals surface area (Å²) in [5.74, 6) is 0. The average Bonchev–Trinajstić information content (AvgIpc) is 2.60. The van der Waals surface area contributed by atoms with Crippen LogP contribution in [-0.4, -0.2) is 24.6 Å². The number of para-hydroxylation sites is 2. The molecule has 5 nitrogen and oxygen atoms in total. The molecular formula is C10H9N3O2. The number of anilines is 1. The minimum atomic E-state index is -0.675. The summed E-state index contributed by atoms with van der Waals surface area (Å²) in [7, 11) is 0. The normalized spacial score (nSPS) is 26.8. The van der Waals surface area contributed by atoms with E-state index >= 15 is 0 Å². The van der Waals surface area contributed by atoms with Gasteiger partial charge in [0.25, 0.3) is 0 Å². The van der Waals surface area contributed by atoms with E-state index in [1.807, 2.05) is 24.3 Å². The molecule has 2 aliphatic rings. The smallest absolute Gasteiger partial charge is 0.409 e. The van der Waals surface area contributed by atoms with Crippen molar-refractivity contribution < 1.29 is 9.53 Å². The number of cyclic esters (lactones) is 1. The fourth-order valence-electron chi connectivity index (χ4n) is 1.71. The second-order valence-electron chi connectivity index (χ2n) is 3.57. The van der Waals surface area contributed by atoms with Crippen molar-refractivity contribution in [3.05, 3.63) is 24.3 Å². The monoisotopic (exact) mass is 203 g/mol. The van der Waals surface area contributed by atoms with Crippen LogP contribution in [0.15, 0.2) is 29.3 Å². The number of ether oxygens (including phenoxy) is 1. The Bertz CT molecular complexity index is 458. The lowest BCUT2D eigenvalue weighted by Gasteiger charge is -2.28. The van der Waals surface area contributed by atoms with E-state index in [0.29, 0.717) is 0 Å². The topological polar surface area (TPSA) is 62.7 Å². The number of alkyl carbamates (subject to hydrolysis) is 1. The van der Waals surface area contributed by atoms with Crippen molar-refractivity contribution in [2.24, 2.45) is 4.99 Å². The molecule has 1 atom stereocenters. The molecule has 0 saturated carbocycles. The molecule has 1 unspecified atom stereocenters. The molecule has 76 valence electrons. The van der Waals surface area contributed by atoms with Crippen LogP contribution < -0.4 is 10.6 Å². The van der Waals surface area contributed by atoms with Gasteiger partial charge in [-0.05, 0) is 12.1 Å². The van der Waals surface area contributed by atoms with Crippen molar-refractivity contribution in [2.75, 3.05) is 11.9 Å². The summed E-state index contributed by atoms with van der Waals surface area (Å²) in [6, 6.07) is 7.65. The minimum Gasteiger partial charge on any atom is -0.445 e. The zero-order valence-corrected chi connectivity index (χ0v) is 7.86. The van der Waals surface area contributed by atoms with Crippen molar-refractivity contribution in [1.29, 1.82) is 0 Å². The summed E-state index contributed by atoms with van der Waals surface area (Å²) >= 11 is 0. The van der Waals surface area contributed by atoms with Crippen LogP contribution in [0.25, 0.3) is 0 Å². The summed E-state index contributed by atoms with van der Waals surface area (Å²) in [6.45, 7) is 0.254. The molecule has 0 aromatic heterocycles. The maximum Gasteiger partial charge on any atom is 0.409 e. The van der Waals surface area contributed by atoms with Crippen LogP contribution >= 0.6 is 0 Å². The van der Waals surface area contributed by atoms with Gasteiger partial charge >= 0.3 is 6.09 Å². The molecule has 0 aliphatic carbocycles. The Morgan fingerprint density at radius 2 is 2.20 bits per heavy atom. The highest BCUT2D eigenvalue weighted by molar-refractivity contribution is 5.91. The van der Waals surface area contributed by atoms with E-state index in [4.69, 9.17) is 4.74 Å². The van der Waals surface area contributed by atoms with Crippen molar-refractivity contribution in [3.63, 3.8) is 0 Å². The van der Waals surface area contributed by atoms with Gasteiger partial charge in [-0.2, -0.15) is 0 Å². The Hall–Kier alpha value is -2.04. The molecule has 2 heterocycles. The van der Waals surface area contributed by atoms with Crippen LogP contribution in [0.5, 0.6) is 0 Å². The molecule has 1 fully saturated rings. The number of carbonyl (C=O) groups excluding carboxylic acids is 1. The third-order valence-corrected chi connectivity index (χ3v) is 2.44. The maximum atomic E-state index is 11.0. The summed E-state index contributed by atoms with van der Waals surface area (Å²) in [5, 5.41) is 5.89. The van der Waals surface area contributed by atoms with Gasteiger partial charge in [-0.15, -0.1) is 0 Å². The lowest BCUT2D eigenvalue weighted by molar-refractivity contribution is 0.176. The highest BCUT2D eigenvalue weighted by Gasteiger charge is 2.40. The molecule has 2 N–H and O–H groups in total. The van der Waals surface area contributed by atoms with E-state index in [0.717, 1.165) is 11.4 Å². The van der Waals surface area contributed by atoms with Crippen LogP contribution in [0, 0.1) is 0 Å². The van der Waals surface area contributed by atoms with Gasteiger partial charge in [-0.3, -0.25) is 10.3 Å². The van der Waals surface area contributed by atoms with E-state index in [9.17, 15) is 4.79 Å². The molecular weight excluding hydrogens is 194 g/mol. The first-order valence-corrected chi connectivity index (χ1v) is 4.65. The van der Waals surface area contributed by atoms with Gasteiger partial charge in [0.05, 0.1) is 17.6 Å². The Balaban J connectivity index is 1.98. The maximum absolute atomic E-state index is 11.0. The van der Waals surface area contributed by atoms with E-state index in [1.54, 1.807) is 6.21 Å². The second kappa shape index (κ2) is 2.73. The van der Waals surface area contributed by atoms with Crippen LogP contribution in [0.3, 0.4) is 0 Å². The molecule has 2 aliphatic heterocycles. The van der Waals surface area contributed by atoms with Crippen molar-refractivity contribution in [1.82, 2.24) is 5.32 Å². The number of nitrogens with one attached hydrogen (secondary N) is 2. The van der Waals surface area contributed by atoms with Crippen LogP contribution in [0.4, 0.5) is 16.2 Å². The number of hydrogen-bond donors (Lipinski definition) is 2. The summed E-state index contributed by atoms with van der Waals surface area (Å²) < 4.78 is 4.86. The number of amides is 1. The van der Waals surface area contributed by atoms with Gasteiger partial charge in [-0.25, -0.2) is 4.79 Å². The summed E-state index contributed by atoms with van der Waals surface area (Å²) in [5.41, 5.74) is 1.08. The fraction of sp³-hybridized carbons (Fsp3) is 0.200. The summed E-state index contributed by atoms with van der Waals surface area (Å²) in [6.07, 6.45) is 1.24. The third-order valence-electron chi connectivity index (χ3n) is 2.44. The van der Waals surface area contributed by atoms with Crippen molar-refractivity contribution in [3.8, 4) is 0 Å². The lowest BCUT2D eigenvalue weighted by atomic mass is 10.1. The van der Waals surface area contributed by atoms with Crippen molar-refractivity contribution >= 4 is 23.7 Å². The van der Waals surface area contributed by atoms with E-state index < -0.39 is 11.8 Å². The minimum absolute atomic E-state index is 0.254. The number of aliphatic imine (C=N–C) groups is 1. The Kier molecular flexibility index (Phi) is 1.50. The molecule has 5 heteroatoms. The molecule has 0 radical (unpaired) electrons. The third kappa shape index (κ3) is 1.24. The summed E-state index contributed by atoms with van der Waals surface area (Å²) in [4.78, 5) is 15.3. The Labute approximate surface area is 86.1 Å². The van der Waals surface area contributed by atoms with Gasteiger partial charge in [0.2, 0.25) is 0 Å². The predicted octanol–water partition coefficient (Wildman–Crippen LogP) is 1.25. The Morgan fingerprint density at radius 1 is 1.33 bits per heavy atom. The largest absolute Gasteiger partial charge is 0.445 e. The number of nitrogens with zero attached hydrogens (tertiary/aromatic N) is 1. The SMILES string of the molecule is O=C1NC2(C=Nc3ccccc3N2)CO1. The Morgan fingerprint density at radius 3 is 3.00 bits per heavy atom. The lowest BCUT2D eigenvalue weighted by Crippen LogP contribution is -2.53. The standard InChI is InChI=1S/C10H9N3O2/c14-9-13-10(6-15-9)5-11-7-3-1-2-4-8(7)12-10/h1-5,12H,6H2,(H,13,14). The van der Waals surface area contributed by atoms with Gasteiger partial charge in [-0.1, -0.05) is 12.1 Å². The first-order chi connectivity index (χ1) is 7.27. The number of rotatable bonds is 0. The molecule has 3 rings (SSSR count). The predicted molar refractivity (Wildman–Crippen MR) is 55.4 cm³/mol. The average molecular weight is 203 g/mol. The van der Waals surface area contributed by atoms with Crippen LogP contribution in [0.1, 0.15) is 0 Å².